The first kappa shape index (κ1) is 14.5. The molecular formula is C13H14N4O4S. The monoisotopic (exact) mass is 322 g/mol. The van der Waals surface area contributed by atoms with E-state index in [0.29, 0.717) is 31.6 Å². The summed E-state index contributed by atoms with van der Waals surface area (Å²) in [4.78, 5) is 27.1. The molecule has 2 N–H and O–H groups in total. The molecule has 0 atom stereocenters. The number of carboxylic acid groups (broad SMARTS) is 1. The quantitative estimate of drug-likeness (QED) is 0.664. The van der Waals surface area contributed by atoms with E-state index in [-0.39, 0.29) is 11.7 Å². The van der Waals surface area contributed by atoms with Crippen LogP contribution in [0.15, 0.2) is 17.6 Å². The Morgan fingerprint density at radius 3 is 2.86 bits per heavy atom. The van der Waals surface area contributed by atoms with Crippen molar-refractivity contribution in [2.24, 2.45) is 0 Å². The molecule has 3 rings (SSSR count). The van der Waals surface area contributed by atoms with Crippen molar-refractivity contribution in [3.05, 3.63) is 27.8 Å². The highest BCUT2D eigenvalue weighted by Crippen LogP contribution is 2.36. The molecule has 0 unspecified atom stereocenters. The predicted octanol–water partition coefficient (Wildman–Crippen LogP) is 2.76. The van der Waals surface area contributed by atoms with E-state index in [2.05, 4.69) is 10.3 Å². The van der Waals surface area contributed by atoms with Crippen molar-refractivity contribution in [2.45, 2.75) is 18.9 Å². The van der Waals surface area contributed by atoms with Crippen molar-refractivity contribution in [3.8, 4) is 0 Å². The highest BCUT2D eigenvalue weighted by atomic mass is 32.1. The molecule has 116 valence electrons. The normalized spacial score (nSPS) is 15.9. The predicted molar refractivity (Wildman–Crippen MR) is 82.5 cm³/mol. The van der Waals surface area contributed by atoms with E-state index in [1.165, 1.54) is 22.4 Å². The lowest BCUT2D eigenvalue weighted by Crippen LogP contribution is -2.41. The Hall–Kier alpha value is -2.42. The maximum absolute atomic E-state index is 11.2. The lowest BCUT2D eigenvalue weighted by Gasteiger charge is -2.30. The van der Waals surface area contributed by atoms with E-state index < -0.39 is 11.0 Å². The maximum Gasteiger partial charge on any atom is 0.407 e. The Labute approximate surface area is 129 Å². The number of likely N-dealkylation sites (tertiary alicyclic amines) is 1. The van der Waals surface area contributed by atoms with Crippen molar-refractivity contribution in [2.75, 3.05) is 18.4 Å². The number of nitro groups is 1. The summed E-state index contributed by atoms with van der Waals surface area (Å²) in [6.07, 6.45) is 1.59. The Kier molecular flexibility index (Phi) is 3.80. The van der Waals surface area contributed by atoms with Crippen molar-refractivity contribution >= 4 is 39.0 Å². The van der Waals surface area contributed by atoms with Crippen LogP contribution < -0.4 is 5.32 Å². The van der Waals surface area contributed by atoms with E-state index in [1.807, 2.05) is 11.4 Å². The van der Waals surface area contributed by atoms with Gasteiger partial charge in [-0.05, 0) is 24.3 Å². The SMILES string of the molecule is O=C(O)N1CCC(Nc2c([N+](=O)[O-])cnc3ccsc23)CC1. The number of piperidine rings is 1. The number of anilines is 1. The fraction of sp³-hybridized carbons (Fsp3) is 0.385. The Balaban J connectivity index is 1.84. The molecule has 1 amide bonds. The number of rotatable bonds is 3. The third-order valence-electron chi connectivity index (χ3n) is 3.76. The Morgan fingerprint density at radius 1 is 1.50 bits per heavy atom. The average Bonchev–Trinajstić information content (AvgIpc) is 2.96. The number of pyridine rings is 1. The number of amides is 1. The summed E-state index contributed by atoms with van der Waals surface area (Å²) in [5.41, 5.74) is 1.16. The Morgan fingerprint density at radius 2 is 2.23 bits per heavy atom. The molecule has 1 saturated heterocycles. The van der Waals surface area contributed by atoms with Gasteiger partial charge in [0.25, 0.3) is 0 Å². The van der Waals surface area contributed by atoms with Crippen molar-refractivity contribution in [3.63, 3.8) is 0 Å². The van der Waals surface area contributed by atoms with Crippen LogP contribution in [0.4, 0.5) is 16.2 Å². The van der Waals surface area contributed by atoms with Crippen molar-refractivity contribution < 1.29 is 14.8 Å². The Bertz CT molecular complexity index is 724. The highest BCUT2D eigenvalue weighted by molar-refractivity contribution is 7.17. The van der Waals surface area contributed by atoms with Gasteiger partial charge in [-0.2, -0.15) is 0 Å². The first-order valence-electron chi connectivity index (χ1n) is 6.81. The van der Waals surface area contributed by atoms with Gasteiger partial charge < -0.3 is 15.3 Å². The van der Waals surface area contributed by atoms with Crippen LogP contribution in [-0.4, -0.2) is 45.1 Å². The summed E-state index contributed by atoms with van der Waals surface area (Å²) in [6, 6.07) is 1.84. The molecule has 0 aromatic carbocycles. The lowest BCUT2D eigenvalue weighted by atomic mass is 10.0. The van der Waals surface area contributed by atoms with Crippen LogP contribution in [-0.2, 0) is 0 Å². The minimum absolute atomic E-state index is 0.0157. The van der Waals surface area contributed by atoms with Gasteiger partial charge in [-0.1, -0.05) is 0 Å². The number of nitrogens with one attached hydrogen (secondary N) is 1. The second-order valence-electron chi connectivity index (χ2n) is 5.10. The van der Waals surface area contributed by atoms with E-state index >= 15 is 0 Å². The van der Waals surface area contributed by atoms with Crippen LogP contribution in [0.25, 0.3) is 10.2 Å². The second kappa shape index (κ2) is 5.76. The summed E-state index contributed by atoms with van der Waals surface area (Å²) >= 11 is 1.41. The molecule has 1 aliphatic heterocycles. The smallest absolute Gasteiger partial charge is 0.407 e. The van der Waals surface area contributed by atoms with E-state index in [9.17, 15) is 14.9 Å². The molecule has 2 aromatic rings. The number of nitrogens with zero attached hydrogens (tertiary/aromatic N) is 3. The largest absolute Gasteiger partial charge is 0.465 e. The third-order valence-corrected chi connectivity index (χ3v) is 4.69. The molecule has 3 heterocycles. The fourth-order valence-corrected chi connectivity index (χ4v) is 3.46. The molecule has 22 heavy (non-hydrogen) atoms. The molecule has 0 saturated carbocycles. The number of hydrogen-bond acceptors (Lipinski definition) is 6. The number of hydrogen-bond donors (Lipinski definition) is 2. The third kappa shape index (κ3) is 2.67. The van der Waals surface area contributed by atoms with Crippen LogP contribution in [0.5, 0.6) is 0 Å². The molecule has 0 bridgehead atoms. The van der Waals surface area contributed by atoms with Gasteiger partial charge in [-0.25, -0.2) is 9.78 Å². The summed E-state index contributed by atoms with van der Waals surface area (Å²) in [6.45, 7) is 0.860. The standard InChI is InChI=1S/C13H14N4O4S/c18-13(19)16-4-1-8(2-5-16)15-11-10(17(20)21)7-14-9-3-6-22-12(9)11/h3,6-8H,1-2,4-5H2,(H,14,15)(H,18,19). The summed E-state index contributed by atoms with van der Waals surface area (Å²) in [7, 11) is 0. The molecule has 0 radical (unpaired) electrons. The van der Waals surface area contributed by atoms with Crippen LogP contribution >= 0.6 is 11.3 Å². The molecule has 9 heteroatoms. The molecule has 2 aromatic heterocycles. The first-order chi connectivity index (χ1) is 10.6. The summed E-state index contributed by atoms with van der Waals surface area (Å²) in [5, 5.41) is 25.2. The van der Waals surface area contributed by atoms with Crippen molar-refractivity contribution in [1.82, 2.24) is 9.88 Å². The maximum atomic E-state index is 11.2. The van der Waals surface area contributed by atoms with Gasteiger partial charge >= 0.3 is 11.8 Å². The molecule has 0 aliphatic carbocycles. The summed E-state index contributed by atoms with van der Waals surface area (Å²) in [5.74, 6) is 0. The van der Waals surface area contributed by atoms with Gasteiger partial charge in [-0.15, -0.1) is 11.3 Å². The molecule has 1 aliphatic rings. The van der Waals surface area contributed by atoms with Gasteiger partial charge in [0.1, 0.15) is 11.9 Å². The van der Waals surface area contributed by atoms with Gasteiger partial charge in [0.2, 0.25) is 0 Å². The first-order valence-corrected chi connectivity index (χ1v) is 7.69. The van der Waals surface area contributed by atoms with Gasteiger partial charge in [0.15, 0.2) is 0 Å². The minimum Gasteiger partial charge on any atom is -0.465 e. The van der Waals surface area contributed by atoms with E-state index in [0.717, 1.165) is 10.2 Å². The lowest BCUT2D eigenvalue weighted by molar-refractivity contribution is -0.384. The molecule has 1 fully saturated rings. The highest BCUT2D eigenvalue weighted by Gasteiger charge is 2.26. The van der Waals surface area contributed by atoms with Crippen LogP contribution in [0, 0.1) is 10.1 Å². The zero-order chi connectivity index (χ0) is 15.7. The van der Waals surface area contributed by atoms with Crippen LogP contribution in [0.2, 0.25) is 0 Å². The van der Waals surface area contributed by atoms with Crippen molar-refractivity contribution in [1.29, 1.82) is 0 Å². The van der Waals surface area contributed by atoms with Gasteiger partial charge in [0.05, 0.1) is 15.1 Å². The van der Waals surface area contributed by atoms with E-state index in [4.69, 9.17) is 5.11 Å². The molecule has 0 spiro atoms. The zero-order valence-electron chi connectivity index (χ0n) is 11.6. The number of aromatic nitrogens is 1. The van der Waals surface area contributed by atoms with E-state index in [1.54, 1.807) is 0 Å². The molecule has 8 nitrogen and oxygen atoms in total. The number of carbonyl (C=O) groups is 1. The van der Waals surface area contributed by atoms with Gasteiger partial charge in [-0.3, -0.25) is 10.1 Å². The minimum atomic E-state index is -0.922. The zero-order valence-corrected chi connectivity index (χ0v) is 12.4. The fourth-order valence-electron chi connectivity index (χ4n) is 2.60. The molecular weight excluding hydrogens is 308 g/mol. The topological polar surface area (TPSA) is 109 Å². The summed E-state index contributed by atoms with van der Waals surface area (Å²) < 4.78 is 0.759. The number of thiophene rings is 1. The second-order valence-corrected chi connectivity index (χ2v) is 6.01. The number of fused-ring (bicyclic) bond motifs is 1. The van der Waals surface area contributed by atoms with Crippen LogP contribution in [0.1, 0.15) is 12.8 Å². The average molecular weight is 322 g/mol. The van der Waals surface area contributed by atoms with Gasteiger partial charge in [0, 0.05) is 19.1 Å². The van der Waals surface area contributed by atoms with Crippen LogP contribution in [0.3, 0.4) is 0 Å².